The normalized spacial score (nSPS) is 18.5. The first-order chi connectivity index (χ1) is 10.7. The van der Waals surface area contributed by atoms with Gasteiger partial charge in [-0.25, -0.2) is 4.98 Å². The van der Waals surface area contributed by atoms with Crippen LogP contribution in [0.3, 0.4) is 0 Å². The van der Waals surface area contributed by atoms with Crippen molar-refractivity contribution in [3.8, 4) is 5.88 Å². The van der Waals surface area contributed by atoms with Gasteiger partial charge in [0.1, 0.15) is 0 Å². The molecule has 1 fully saturated rings. The Balaban J connectivity index is 1.64. The Morgan fingerprint density at radius 1 is 1.41 bits per heavy atom. The maximum atomic E-state index is 5.39. The van der Waals surface area contributed by atoms with Gasteiger partial charge in [-0.1, -0.05) is 6.92 Å². The Kier molecular flexibility index (Phi) is 3.00. The van der Waals surface area contributed by atoms with Gasteiger partial charge >= 0.3 is 0 Å². The molecular weight excluding hydrogens is 280 g/mol. The zero-order valence-electron chi connectivity index (χ0n) is 12.7. The van der Waals surface area contributed by atoms with E-state index in [1.54, 1.807) is 13.3 Å². The number of rotatable bonds is 4. The molecule has 0 saturated carbocycles. The van der Waals surface area contributed by atoms with E-state index in [0.717, 1.165) is 42.2 Å². The number of hydrogen-bond donors (Lipinski definition) is 0. The predicted molar refractivity (Wildman–Crippen MR) is 81.3 cm³/mol. The second kappa shape index (κ2) is 4.91. The average Bonchev–Trinajstić information content (AvgIpc) is 3.11. The van der Waals surface area contributed by atoms with Gasteiger partial charge in [0.15, 0.2) is 0 Å². The molecule has 0 unspecified atom stereocenters. The smallest absolute Gasteiger partial charge is 0.222 e. The van der Waals surface area contributed by atoms with Crippen LogP contribution in [-0.4, -0.2) is 40.8 Å². The summed E-state index contributed by atoms with van der Waals surface area (Å²) in [5.41, 5.74) is 4.25. The summed E-state index contributed by atoms with van der Waals surface area (Å²) >= 11 is 0. The Morgan fingerprint density at radius 3 is 3.00 bits per heavy atom. The average molecular weight is 298 g/mol. The summed E-state index contributed by atoms with van der Waals surface area (Å²) in [5, 5.41) is 4.48. The molecule has 22 heavy (non-hydrogen) atoms. The highest BCUT2D eigenvalue weighted by atomic mass is 16.5. The van der Waals surface area contributed by atoms with E-state index in [4.69, 9.17) is 9.47 Å². The standard InChI is InChI=1S/C16H18N4O2/c1-16(9-22-10-16)8-20-7-12(6-19-20)14-13-11(5-18-14)3-4-17-15(13)21-2/h3-4,6-7H,5,8-10H2,1-2H3. The van der Waals surface area contributed by atoms with Crippen molar-refractivity contribution in [3.63, 3.8) is 0 Å². The lowest BCUT2D eigenvalue weighted by Crippen LogP contribution is -2.43. The molecule has 0 spiro atoms. The van der Waals surface area contributed by atoms with Crippen LogP contribution in [0, 0.1) is 5.41 Å². The molecule has 0 atom stereocenters. The van der Waals surface area contributed by atoms with Crippen molar-refractivity contribution in [2.45, 2.75) is 20.0 Å². The molecule has 0 aliphatic carbocycles. The Labute approximate surface area is 128 Å². The molecule has 0 amide bonds. The van der Waals surface area contributed by atoms with Crippen LogP contribution in [0.15, 0.2) is 29.6 Å². The fourth-order valence-corrected chi connectivity index (χ4v) is 3.00. The van der Waals surface area contributed by atoms with Gasteiger partial charge in [0.2, 0.25) is 5.88 Å². The first-order valence-electron chi connectivity index (χ1n) is 7.36. The van der Waals surface area contributed by atoms with E-state index in [1.807, 2.05) is 23.1 Å². The van der Waals surface area contributed by atoms with E-state index in [1.165, 1.54) is 0 Å². The van der Waals surface area contributed by atoms with E-state index in [-0.39, 0.29) is 5.41 Å². The molecule has 0 N–H and O–H groups in total. The minimum absolute atomic E-state index is 0.192. The lowest BCUT2D eigenvalue weighted by molar-refractivity contribution is -0.111. The number of aliphatic imine (C=N–C) groups is 1. The molecule has 6 nitrogen and oxygen atoms in total. The lowest BCUT2D eigenvalue weighted by atomic mass is 9.89. The fourth-order valence-electron chi connectivity index (χ4n) is 3.00. The molecular formula is C16H18N4O2. The third-order valence-corrected chi connectivity index (χ3v) is 4.19. The van der Waals surface area contributed by atoms with Gasteiger partial charge in [0.25, 0.3) is 0 Å². The van der Waals surface area contributed by atoms with Gasteiger partial charge in [-0.3, -0.25) is 9.67 Å². The minimum atomic E-state index is 0.192. The summed E-state index contributed by atoms with van der Waals surface area (Å²) in [7, 11) is 1.64. The summed E-state index contributed by atoms with van der Waals surface area (Å²) in [4.78, 5) is 8.93. The molecule has 0 aromatic carbocycles. The van der Waals surface area contributed by atoms with Crippen molar-refractivity contribution in [1.82, 2.24) is 14.8 Å². The van der Waals surface area contributed by atoms with Crippen LogP contribution in [0.5, 0.6) is 5.88 Å². The van der Waals surface area contributed by atoms with Crippen LogP contribution < -0.4 is 4.74 Å². The van der Waals surface area contributed by atoms with Gasteiger partial charge < -0.3 is 9.47 Å². The summed E-state index contributed by atoms with van der Waals surface area (Å²) in [6.45, 7) is 5.33. The van der Waals surface area contributed by atoms with Crippen molar-refractivity contribution >= 4 is 5.71 Å². The van der Waals surface area contributed by atoms with E-state index < -0.39 is 0 Å². The molecule has 6 heteroatoms. The summed E-state index contributed by atoms with van der Waals surface area (Å²) in [6.07, 6.45) is 5.67. The van der Waals surface area contributed by atoms with Crippen molar-refractivity contribution in [1.29, 1.82) is 0 Å². The second-order valence-electron chi connectivity index (χ2n) is 6.25. The van der Waals surface area contributed by atoms with E-state index in [2.05, 4.69) is 22.0 Å². The van der Waals surface area contributed by atoms with Gasteiger partial charge in [-0.15, -0.1) is 0 Å². The number of pyridine rings is 1. The molecule has 2 aliphatic heterocycles. The molecule has 114 valence electrons. The number of fused-ring (bicyclic) bond motifs is 1. The fraction of sp³-hybridized carbons (Fsp3) is 0.438. The summed E-state index contributed by atoms with van der Waals surface area (Å²) in [6, 6.07) is 1.99. The topological polar surface area (TPSA) is 61.5 Å². The van der Waals surface area contributed by atoms with E-state index in [0.29, 0.717) is 12.4 Å². The third kappa shape index (κ3) is 2.11. The number of ether oxygens (including phenoxy) is 2. The minimum Gasteiger partial charge on any atom is -0.480 e. The molecule has 2 aromatic rings. The maximum absolute atomic E-state index is 5.39. The first-order valence-corrected chi connectivity index (χ1v) is 7.36. The van der Waals surface area contributed by atoms with Gasteiger partial charge in [-0.2, -0.15) is 5.10 Å². The Hall–Kier alpha value is -2.21. The lowest BCUT2D eigenvalue weighted by Gasteiger charge is -2.37. The Morgan fingerprint density at radius 2 is 2.27 bits per heavy atom. The highest BCUT2D eigenvalue weighted by Crippen LogP contribution is 2.31. The number of hydrogen-bond acceptors (Lipinski definition) is 5. The van der Waals surface area contributed by atoms with E-state index >= 15 is 0 Å². The molecule has 0 bridgehead atoms. The Bertz CT molecular complexity index is 746. The SMILES string of the molecule is COc1nccc2c1C(c1cnn(CC3(C)COC3)c1)=NC2. The third-order valence-electron chi connectivity index (χ3n) is 4.19. The summed E-state index contributed by atoms with van der Waals surface area (Å²) in [5.74, 6) is 0.626. The van der Waals surface area contributed by atoms with Crippen molar-refractivity contribution in [2.75, 3.05) is 20.3 Å². The summed E-state index contributed by atoms with van der Waals surface area (Å²) < 4.78 is 12.7. The number of methoxy groups -OCH3 is 1. The van der Waals surface area contributed by atoms with Crippen molar-refractivity contribution < 1.29 is 9.47 Å². The second-order valence-corrected chi connectivity index (χ2v) is 6.25. The highest BCUT2D eigenvalue weighted by Gasteiger charge is 2.34. The zero-order valence-corrected chi connectivity index (χ0v) is 12.7. The molecule has 4 heterocycles. The van der Waals surface area contributed by atoms with Gasteiger partial charge in [0.05, 0.1) is 50.9 Å². The quantitative estimate of drug-likeness (QED) is 0.861. The van der Waals surface area contributed by atoms with Gasteiger partial charge in [0, 0.05) is 23.4 Å². The largest absolute Gasteiger partial charge is 0.480 e. The van der Waals surface area contributed by atoms with Gasteiger partial charge in [-0.05, 0) is 11.6 Å². The molecule has 0 radical (unpaired) electrons. The monoisotopic (exact) mass is 298 g/mol. The van der Waals surface area contributed by atoms with E-state index in [9.17, 15) is 0 Å². The molecule has 2 aromatic heterocycles. The van der Waals surface area contributed by atoms with Crippen molar-refractivity contribution in [3.05, 3.63) is 41.3 Å². The number of nitrogens with zero attached hydrogens (tertiary/aromatic N) is 4. The van der Waals surface area contributed by atoms with Crippen LogP contribution in [0.2, 0.25) is 0 Å². The number of aromatic nitrogens is 3. The molecule has 2 aliphatic rings. The van der Waals surface area contributed by atoms with Crippen LogP contribution >= 0.6 is 0 Å². The zero-order chi connectivity index (χ0) is 15.2. The maximum Gasteiger partial charge on any atom is 0.222 e. The first kappa shape index (κ1) is 13.5. The molecule has 1 saturated heterocycles. The van der Waals surface area contributed by atoms with Crippen LogP contribution in [0.1, 0.15) is 23.6 Å². The van der Waals surface area contributed by atoms with Crippen molar-refractivity contribution in [2.24, 2.45) is 10.4 Å². The van der Waals surface area contributed by atoms with Crippen LogP contribution in [0.25, 0.3) is 0 Å². The van der Waals surface area contributed by atoms with Crippen LogP contribution in [0.4, 0.5) is 0 Å². The van der Waals surface area contributed by atoms with Crippen LogP contribution in [-0.2, 0) is 17.8 Å². The molecule has 4 rings (SSSR count). The highest BCUT2D eigenvalue weighted by molar-refractivity contribution is 6.16. The predicted octanol–water partition coefficient (Wildman–Crippen LogP) is 1.67.